The summed E-state index contributed by atoms with van der Waals surface area (Å²) in [5, 5.41) is 3.05. The van der Waals surface area contributed by atoms with Crippen LogP contribution < -0.4 is 10.4 Å². The Bertz CT molecular complexity index is 443. The van der Waals surface area contributed by atoms with Crippen molar-refractivity contribution in [2.75, 3.05) is 0 Å². The summed E-state index contributed by atoms with van der Waals surface area (Å²) in [5.74, 6) is 0. The van der Waals surface area contributed by atoms with Crippen LogP contribution in [0.5, 0.6) is 0 Å². The molecule has 0 radical (unpaired) electrons. The first-order chi connectivity index (χ1) is 8.15. The molecule has 0 N–H and O–H groups in total. The Hall–Kier alpha value is -1.13. The van der Waals surface area contributed by atoms with Crippen LogP contribution >= 0.6 is 0 Å². The van der Waals surface area contributed by atoms with Gasteiger partial charge in [-0.3, -0.25) is 0 Å². The topological polar surface area (TPSA) is 0 Å². The van der Waals surface area contributed by atoms with Crippen LogP contribution in [-0.4, -0.2) is 20.5 Å². The zero-order chi connectivity index (χ0) is 12.7. The van der Waals surface area contributed by atoms with Crippen molar-refractivity contribution in [2.45, 2.75) is 20.3 Å². The zero-order valence-electron chi connectivity index (χ0n) is 11.3. The Balaban J connectivity index is 0.000000171. The molecule has 0 heterocycles. The van der Waals surface area contributed by atoms with Crippen LogP contribution in [-0.2, 0) is 6.42 Å². The lowest BCUT2D eigenvalue weighted by atomic mass is 10.2. The van der Waals surface area contributed by atoms with Crippen molar-refractivity contribution in [1.29, 1.82) is 0 Å². The molecule has 90 valence electrons. The molecule has 0 nitrogen and oxygen atoms in total. The third-order valence-electron chi connectivity index (χ3n) is 3.07. The van der Waals surface area contributed by atoms with Crippen molar-refractivity contribution >= 4 is 30.9 Å². The second kappa shape index (κ2) is 7.25. The van der Waals surface area contributed by atoms with Gasteiger partial charge >= 0.3 is 0 Å². The van der Waals surface area contributed by atoms with E-state index in [0.717, 1.165) is 0 Å². The average Bonchev–Trinajstić information content (AvgIpc) is 2.34. The molecule has 2 aromatic carbocycles. The minimum Gasteiger partial charge on any atom is -0.0679 e. The molecule has 0 fully saturated rings. The van der Waals surface area contributed by atoms with E-state index < -0.39 is 0 Å². The van der Waals surface area contributed by atoms with Crippen molar-refractivity contribution in [3.8, 4) is 0 Å². The van der Waals surface area contributed by atoms with Gasteiger partial charge in [-0.1, -0.05) is 77.0 Å². The Morgan fingerprint density at radius 2 is 1.35 bits per heavy atom. The van der Waals surface area contributed by atoms with Gasteiger partial charge in [-0.05, 0) is 13.3 Å². The van der Waals surface area contributed by atoms with Gasteiger partial charge in [0, 0.05) is 20.5 Å². The molecule has 2 heteroatoms. The molecule has 0 spiro atoms. The van der Waals surface area contributed by atoms with Gasteiger partial charge in [0.1, 0.15) is 0 Å². The SMILES string of the molecule is CCc1ccccc1[SiH3].Cc1ccccc1[SiH3]. The van der Waals surface area contributed by atoms with Crippen LogP contribution in [0.2, 0.25) is 0 Å². The highest BCUT2D eigenvalue weighted by Gasteiger charge is 1.89. The van der Waals surface area contributed by atoms with Gasteiger partial charge in [-0.25, -0.2) is 0 Å². The lowest BCUT2D eigenvalue weighted by molar-refractivity contribution is 1.15. The van der Waals surface area contributed by atoms with Crippen LogP contribution in [0.1, 0.15) is 18.1 Å². The Morgan fingerprint density at radius 3 is 1.71 bits per heavy atom. The molecular weight excluding hydrogens is 236 g/mol. The number of hydrogen-bond acceptors (Lipinski definition) is 0. The van der Waals surface area contributed by atoms with E-state index >= 15 is 0 Å². The summed E-state index contributed by atoms with van der Waals surface area (Å²) in [7, 11) is 2.36. The quantitative estimate of drug-likeness (QED) is 0.642. The van der Waals surface area contributed by atoms with Crippen LogP contribution in [0.4, 0.5) is 0 Å². The maximum atomic E-state index is 2.21. The van der Waals surface area contributed by atoms with Crippen LogP contribution in [0.15, 0.2) is 48.5 Å². The molecule has 0 atom stereocenters. The third-order valence-corrected chi connectivity index (χ3v) is 5.17. The van der Waals surface area contributed by atoms with Gasteiger partial charge in [0.25, 0.3) is 0 Å². The minimum absolute atomic E-state index is 1.18. The monoisotopic (exact) mass is 258 g/mol. The smallest absolute Gasteiger partial charge is 0.0388 e. The number of hydrogen-bond donors (Lipinski definition) is 0. The fraction of sp³-hybridized carbons (Fsp3) is 0.200. The molecule has 0 aromatic heterocycles. The lowest BCUT2D eigenvalue weighted by Crippen LogP contribution is -2.07. The largest absolute Gasteiger partial charge is 0.0679 e. The number of benzene rings is 2. The minimum atomic E-state index is 1.18. The Kier molecular flexibility index (Phi) is 5.94. The molecule has 0 saturated carbocycles. The van der Waals surface area contributed by atoms with Crippen molar-refractivity contribution < 1.29 is 0 Å². The van der Waals surface area contributed by atoms with Gasteiger partial charge in [0.05, 0.1) is 0 Å². The molecule has 17 heavy (non-hydrogen) atoms. The third kappa shape index (κ3) is 4.71. The van der Waals surface area contributed by atoms with E-state index in [1.807, 2.05) is 0 Å². The van der Waals surface area contributed by atoms with Crippen LogP contribution in [0.3, 0.4) is 0 Å². The molecule has 0 unspecified atom stereocenters. The molecule has 0 bridgehead atoms. The van der Waals surface area contributed by atoms with Crippen LogP contribution in [0.25, 0.3) is 0 Å². The molecular formula is C15H22Si2. The van der Waals surface area contributed by atoms with E-state index in [1.165, 1.54) is 43.2 Å². The fourth-order valence-corrected chi connectivity index (χ4v) is 2.74. The predicted octanol–water partition coefficient (Wildman–Crippen LogP) is 0.225. The Labute approximate surface area is 111 Å². The van der Waals surface area contributed by atoms with Crippen molar-refractivity contribution in [3.05, 3.63) is 59.7 Å². The second-order valence-electron chi connectivity index (χ2n) is 4.36. The summed E-state index contributed by atoms with van der Waals surface area (Å²) < 4.78 is 0. The average molecular weight is 259 g/mol. The summed E-state index contributed by atoms with van der Waals surface area (Å²) >= 11 is 0. The van der Waals surface area contributed by atoms with Crippen molar-refractivity contribution in [3.63, 3.8) is 0 Å². The second-order valence-corrected chi connectivity index (χ2v) is 6.52. The maximum Gasteiger partial charge on any atom is 0.0388 e. The van der Waals surface area contributed by atoms with E-state index in [2.05, 4.69) is 62.4 Å². The molecule has 0 amide bonds. The van der Waals surface area contributed by atoms with E-state index in [4.69, 9.17) is 0 Å². The van der Waals surface area contributed by atoms with Gasteiger partial charge in [-0.15, -0.1) is 0 Å². The van der Waals surface area contributed by atoms with E-state index in [9.17, 15) is 0 Å². The first-order valence-corrected chi connectivity index (χ1v) is 8.22. The molecule has 2 aromatic rings. The van der Waals surface area contributed by atoms with E-state index in [1.54, 1.807) is 5.19 Å². The van der Waals surface area contributed by atoms with Gasteiger partial charge < -0.3 is 0 Å². The maximum absolute atomic E-state index is 2.21. The summed E-state index contributed by atoms with van der Waals surface area (Å²) in [6.07, 6.45) is 1.18. The molecule has 2 rings (SSSR count). The Morgan fingerprint density at radius 1 is 0.824 bits per heavy atom. The summed E-state index contributed by atoms with van der Waals surface area (Å²) in [6.45, 7) is 4.36. The first kappa shape index (κ1) is 13.9. The number of aryl methyl sites for hydroxylation is 2. The highest BCUT2D eigenvalue weighted by molar-refractivity contribution is 6.33. The molecule has 0 saturated heterocycles. The highest BCUT2D eigenvalue weighted by Crippen LogP contribution is 1.93. The zero-order valence-corrected chi connectivity index (χ0v) is 15.3. The van der Waals surface area contributed by atoms with Gasteiger partial charge in [0.15, 0.2) is 0 Å². The van der Waals surface area contributed by atoms with E-state index in [0.29, 0.717) is 0 Å². The fourth-order valence-electron chi connectivity index (χ4n) is 1.67. The summed E-state index contributed by atoms with van der Waals surface area (Å²) in [5.41, 5.74) is 2.95. The van der Waals surface area contributed by atoms with Gasteiger partial charge in [-0.2, -0.15) is 0 Å². The molecule has 0 aliphatic rings. The normalized spacial score (nSPS) is 9.76. The summed E-state index contributed by atoms with van der Waals surface area (Å²) in [6, 6.07) is 17.2. The van der Waals surface area contributed by atoms with Gasteiger partial charge in [0.2, 0.25) is 0 Å². The first-order valence-electron chi connectivity index (χ1n) is 6.22. The van der Waals surface area contributed by atoms with Crippen molar-refractivity contribution in [2.24, 2.45) is 0 Å². The molecule has 0 aliphatic carbocycles. The predicted molar refractivity (Wildman–Crippen MR) is 86.1 cm³/mol. The number of rotatable bonds is 1. The van der Waals surface area contributed by atoms with Crippen LogP contribution in [0, 0.1) is 6.92 Å². The lowest BCUT2D eigenvalue weighted by Gasteiger charge is -1.98. The highest BCUT2D eigenvalue weighted by atomic mass is 28.1. The standard InChI is InChI=1S/C8H12Si.C7H10Si/c1-2-7-5-3-4-6-8(7)9;1-6-4-2-3-5-7(6)8/h3-6H,2H2,1,9H3;2-5H,1,8H3. The molecule has 0 aliphatic heterocycles. The summed E-state index contributed by atoms with van der Waals surface area (Å²) in [4.78, 5) is 0. The van der Waals surface area contributed by atoms with Crippen molar-refractivity contribution in [1.82, 2.24) is 0 Å². The van der Waals surface area contributed by atoms with E-state index in [-0.39, 0.29) is 0 Å².